The molecule has 0 spiro atoms. The van der Waals surface area contributed by atoms with Crippen molar-refractivity contribution in [1.82, 2.24) is 9.97 Å². The predicted molar refractivity (Wildman–Crippen MR) is 129 cm³/mol. The minimum atomic E-state index is -0.0414. The lowest BCUT2D eigenvalue weighted by molar-refractivity contribution is -0.116. The Hall–Kier alpha value is -3.61. The van der Waals surface area contributed by atoms with Gasteiger partial charge in [0.25, 0.3) is 0 Å². The van der Waals surface area contributed by atoms with Crippen LogP contribution < -0.4 is 20.7 Å². The van der Waals surface area contributed by atoms with Crippen molar-refractivity contribution in [1.29, 1.82) is 0 Å². The molecule has 32 heavy (non-hydrogen) atoms. The number of nitrogens with zero attached hydrogens (tertiary/aromatic N) is 2. The number of benzene rings is 2. The molecule has 0 atom stereocenters. The number of hydrogen-bond donors (Lipinski definition) is 3. The van der Waals surface area contributed by atoms with E-state index in [9.17, 15) is 4.79 Å². The Kier molecular flexibility index (Phi) is 8.86. The minimum Gasteiger partial charge on any atom is -0.497 e. The highest BCUT2D eigenvalue weighted by molar-refractivity contribution is 5.97. The van der Waals surface area contributed by atoms with Gasteiger partial charge in [0.15, 0.2) is 11.6 Å². The van der Waals surface area contributed by atoms with Crippen LogP contribution in [0.2, 0.25) is 0 Å². The number of amides is 1. The van der Waals surface area contributed by atoms with Crippen molar-refractivity contribution in [2.24, 2.45) is 0 Å². The molecular formula is C25H31N5O2. The normalized spacial score (nSPS) is 10.4. The van der Waals surface area contributed by atoms with Gasteiger partial charge in [-0.05, 0) is 36.1 Å². The number of aromatic nitrogens is 2. The van der Waals surface area contributed by atoms with Gasteiger partial charge in [-0.15, -0.1) is 0 Å². The Morgan fingerprint density at radius 1 is 0.938 bits per heavy atom. The van der Waals surface area contributed by atoms with Crippen LogP contribution in [0.3, 0.4) is 0 Å². The minimum absolute atomic E-state index is 0.0414. The summed E-state index contributed by atoms with van der Waals surface area (Å²) >= 11 is 0. The van der Waals surface area contributed by atoms with Crippen molar-refractivity contribution in [3.63, 3.8) is 0 Å². The maximum Gasteiger partial charge on any atom is 0.224 e. The summed E-state index contributed by atoms with van der Waals surface area (Å²) in [6, 6.07) is 18.1. The second-order valence-electron chi connectivity index (χ2n) is 7.46. The Balaban J connectivity index is 1.72. The molecule has 7 nitrogen and oxygen atoms in total. The molecule has 0 aliphatic heterocycles. The van der Waals surface area contributed by atoms with Gasteiger partial charge in [0.1, 0.15) is 17.8 Å². The molecule has 3 N–H and O–H groups in total. The number of carbonyl (C=O) groups is 1. The summed E-state index contributed by atoms with van der Waals surface area (Å²) in [5.41, 5.74) is 2.89. The molecule has 7 heteroatoms. The average Bonchev–Trinajstić information content (AvgIpc) is 2.83. The highest BCUT2D eigenvalue weighted by atomic mass is 16.5. The summed E-state index contributed by atoms with van der Waals surface area (Å²) < 4.78 is 5.22. The van der Waals surface area contributed by atoms with Gasteiger partial charge >= 0.3 is 0 Å². The van der Waals surface area contributed by atoms with Crippen LogP contribution in [-0.2, 0) is 17.8 Å². The summed E-state index contributed by atoms with van der Waals surface area (Å²) in [6.45, 7) is 3.32. The number of hydrogen-bond acceptors (Lipinski definition) is 6. The van der Waals surface area contributed by atoms with E-state index in [4.69, 9.17) is 4.74 Å². The molecule has 0 aliphatic rings. The molecule has 168 valence electrons. The lowest BCUT2D eigenvalue weighted by Gasteiger charge is -2.16. The summed E-state index contributed by atoms with van der Waals surface area (Å²) in [4.78, 5) is 21.3. The van der Waals surface area contributed by atoms with Gasteiger partial charge < -0.3 is 20.7 Å². The molecule has 1 amide bonds. The zero-order chi connectivity index (χ0) is 22.6. The molecule has 3 rings (SSSR count). The van der Waals surface area contributed by atoms with Gasteiger partial charge in [-0.25, -0.2) is 9.97 Å². The Morgan fingerprint density at radius 2 is 1.66 bits per heavy atom. The van der Waals surface area contributed by atoms with Crippen molar-refractivity contribution < 1.29 is 9.53 Å². The molecule has 0 fully saturated rings. The number of unbranched alkanes of at least 4 members (excludes halogenated alkanes) is 1. The molecule has 0 bridgehead atoms. The SMILES string of the molecule is CCCCC(=O)Nc1c(NCCc2ccccc2)ncnc1NCc1ccc(OC)cc1. The number of carbonyl (C=O) groups excluding carboxylic acids is 1. The van der Waals surface area contributed by atoms with Crippen LogP contribution in [0.15, 0.2) is 60.9 Å². The number of ether oxygens (including phenoxy) is 1. The van der Waals surface area contributed by atoms with Crippen LogP contribution >= 0.6 is 0 Å². The first-order chi connectivity index (χ1) is 15.7. The van der Waals surface area contributed by atoms with Gasteiger partial charge in [-0.1, -0.05) is 55.8 Å². The Bertz CT molecular complexity index is 977. The Morgan fingerprint density at radius 3 is 2.34 bits per heavy atom. The molecule has 1 heterocycles. The van der Waals surface area contributed by atoms with Gasteiger partial charge in [0, 0.05) is 19.5 Å². The molecular weight excluding hydrogens is 402 g/mol. The van der Waals surface area contributed by atoms with Crippen LogP contribution in [0, 0.1) is 0 Å². The first-order valence-electron chi connectivity index (χ1n) is 11.0. The van der Waals surface area contributed by atoms with E-state index in [0.717, 1.165) is 30.6 Å². The lowest BCUT2D eigenvalue weighted by atomic mass is 10.1. The van der Waals surface area contributed by atoms with Gasteiger partial charge in [-0.2, -0.15) is 0 Å². The quantitative estimate of drug-likeness (QED) is 0.377. The van der Waals surface area contributed by atoms with Crippen LogP contribution in [0.1, 0.15) is 37.3 Å². The monoisotopic (exact) mass is 433 g/mol. The van der Waals surface area contributed by atoms with Crippen LogP contribution in [-0.4, -0.2) is 29.5 Å². The molecule has 0 saturated heterocycles. The molecule has 0 unspecified atom stereocenters. The van der Waals surface area contributed by atoms with Gasteiger partial charge in [-0.3, -0.25) is 4.79 Å². The summed E-state index contributed by atoms with van der Waals surface area (Å²) in [6.07, 6.45) is 4.62. The molecule has 0 radical (unpaired) electrons. The smallest absolute Gasteiger partial charge is 0.224 e. The van der Waals surface area contributed by atoms with E-state index in [1.165, 1.54) is 11.9 Å². The highest BCUT2D eigenvalue weighted by Crippen LogP contribution is 2.27. The van der Waals surface area contributed by atoms with E-state index >= 15 is 0 Å². The van der Waals surface area contributed by atoms with Crippen molar-refractivity contribution in [2.45, 2.75) is 39.2 Å². The zero-order valence-corrected chi connectivity index (χ0v) is 18.7. The van der Waals surface area contributed by atoms with E-state index in [1.54, 1.807) is 7.11 Å². The second-order valence-corrected chi connectivity index (χ2v) is 7.46. The van der Waals surface area contributed by atoms with Crippen molar-refractivity contribution in [2.75, 3.05) is 29.6 Å². The molecule has 3 aromatic rings. The fourth-order valence-corrected chi connectivity index (χ4v) is 3.21. The largest absolute Gasteiger partial charge is 0.497 e. The molecule has 0 aliphatic carbocycles. The number of methoxy groups -OCH3 is 1. The predicted octanol–water partition coefficient (Wildman–Crippen LogP) is 4.88. The maximum absolute atomic E-state index is 12.5. The van der Waals surface area contributed by atoms with Crippen molar-refractivity contribution in [3.05, 3.63) is 72.1 Å². The third-order valence-electron chi connectivity index (χ3n) is 5.04. The van der Waals surface area contributed by atoms with Crippen LogP contribution in [0.25, 0.3) is 0 Å². The van der Waals surface area contributed by atoms with Gasteiger partial charge in [0.2, 0.25) is 5.91 Å². The van der Waals surface area contributed by atoms with E-state index in [2.05, 4.69) is 45.0 Å². The zero-order valence-electron chi connectivity index (χ0n) is 18.7. The van der Waals surface area contributed by atoms with E-state index in [1.807, 2.05) is 42.5 Å². The molecule has 2 aromatic carbocycles. The third-order valence-corrected chi connectivity index (χ3v) is 5.04. The first-order valence-corrected chi connectivity index (χ1v) is 11.0. The highest BCUT2D eigenvalue weighted by Gasteiger charge is 2.14. The average molecular weight is 434 g/mol. The summed E-state index contributed by atoms with van der Waals surface area (Å²) in [5.74, 6) is 1.96. The fraction of sp³-hybridized carbons (Fsp3) is 0.320. The second kappa shape index (κ2) is 12.3. The number of rotatable bonds is 12. The van der Waals surface area contributed by atoms with E-state index in [-0.39, 0.29) is 5.91 Å². The van der Waals surface area contributed by atoms with Gasteiger partial charge in [0.05, 0.1) is 7.11 Å². The molecule has 1 aromatic heterocycles. The van der Waals surface area contributed by atoms with E-state index < -0.39 is 0 Å². The number of nitrogens with one attached hydrogen (secondary N) is 3. The summed E-state index contributed by atoms with van der Waals surface area (Å²) in [5, 5.41) is 9.69. The van der Waals surface area contributed by atoms with E-state index in [0.29, 0.717) is 36.8 Å². The lowest BCUT2D eigenvalue weighted by Crippen LogP contribution is -2.17. The van der Waals surface area contributed by atoms with Crippen LogP contribution in [0.5, 0.6) is 5.75 Å². The topological polar surface area (TPSA) is 88.2 Å². The summed E-state index contributed by atoms with van der Waals surface area (Å²) in [7, 11) is 1.65. The fourth-order valence-electron chi connectivity index (χ4n) is 3.21. The van der Waals surface area contributed by atoms with Crippen molar-refractivity contribution >= 4 is 23.2 Å². The number of anilines is 3. The van der Waals surface area contributed by atoms with Crippen LogP contribution in [0.4, 0.5) is 17.3 Å². The molecule has 0 saturated carbocycles. The standard InChI is InChI=1S/C25H31N5O2/c1-3-4-10-22(31)30-23-24(26-16-15-19-8-6-5-7-9-19)28-18-29-25(23)27-17-20-11-13-21(32-2)14-12-20/h5-9,11-14,18H,3-4,10,15-17H2,1-2H3,(H,30,31)(H2,26,27,28,29). The third kappa shape index (κ3) is 6.97. The first kappa shape index (κ1) is 23.1. The van der Waals surface area contributed by atoms with Crippen molar-refractivity contribution in [3.8, 4) is 5.75 Å². The Labute approximate surface area is 189 Å². The maximum atomic E-state index is 12.5.